The van der Waals surface area contributed by atoms with E-state index in [0.29, 0.717) is 11.5 Å². The molecule has 2 N–H and O–H groups in total. The minimum atomic E-state index is -0.893. The average molecular weight is 309 g/mol. The maximum atomic E-state index is 11.0. The summed E-state index contributed by atoms with van der Waals surface area (Å²) in [6, 6.07) is 13.7. The average Bonchev–Trinajstić information content (AvgIpc) is 3.04. The molecule has 118 valence electrons. The van der Waals surface area contributed by atoms with Crippen molar-refractivity contribution in [1.29, 1.82) is 0 Å². The molecule has 23 heavy (non-hydrogen) atoms. The van der Waals surface area contributed by atoms with Gasteiger partial charge in [-0.25, -0.2) is 4.79 Å². The number of anilines is 1. The quantitative estimate of drug-likeness (QED) is 0.882. The molecule has 2 aliphatic rings. The normalized spacial score (nSPS) is 25.3. The smallest absolute Gasteiger partial charge is 0.335 e. The third-order valence-electron chi connectivity index (χ3n) is 4.91. The van der Waals surface area contributed by atoms with E-state index in [1.165, 1.54) is 11.1 Å². The van der Waals surface area contributed by atoms with Crippen molar-refractivity contribution in [3.8, 4) is 0 Å². The Hall–Kier alpha value is -2.33. The molecule has 4 heteroatoms. The number of carboxylic acid groups (broad SMARTS) is 1. The molecule has 0 saturated carbocycles. The van der Waals surface area contributed by atoms with E-state index in [1.807, 2.05) is 12.1 Å². The van der Waals surface area contributed by atoms with Crippen LogP contribution in [0.25, 0.3) is 0 Å². The van der Waals surface area contributed by atoms with Crippen LogP contribution in [0.3, 0.4) is 0 Å². The van der Waals surface area contributed by atoms with Crippen LogP contribution in [0, 0.1) is 12.8 Å². The molecule has 0 unspecified atom stereocenters. The highest BCUT2D eigenvalue weighted by Gasteiger charge is 2.41. The minimum Gasteiger partial charge on any atom is -0.478 e. The second-order valence-corrected chi connectivity index (χ2v) is 6.38. The summed E-state index contributed by atoms with van der Waals surface area (Å²) in [7, 11) is 0. The lowest BCUT2D eigenvalue weighted by molar-refractivity contribution is 0.0696. The van der Waals surface area contributed by atoms with Crippen LogP contribution in [0.2, 0.25) is 0 Å². The van der Waals surface area contributed by atoms with Crippen LogP contribution in [-0.2, 0) is 4.74 Å². The number of ether oxygens (including phenoxy) is 1. The maximum Gasteiger partial charge on any atom is 0.335 e. The Bertz CT molecular complexity index is 754. The number of hydrogen-bond acceptors (Lipinski definition) is 3. The zero-order valence-corrected chi connectivity index (χ0v) is 13.0. The highest BCUT2D eigenvalue weighted by atomic mass is 16.5. The summed E-state index contributed by atoms with van der Waals surface area (Å²) in [5.74, 6) is -0.518. The van der Waals surface area contributed by atoms with Crippen molar-refractivity contribution in [3.05, 3.63) is 64.7 Å². The molecule has 4 nitrogen and oxygen atoms in total. The van der Waals surface area contributed by atoms with Crippen LogP contribution in [0.15, 0.2) is 42.5 Å². The molecule has 2 aromatic carbocycles. The Balaban J connectivity index is 1.72. The van der Waals surface area contributed by atoms with E-state index in [0.717, 1.165) is 24.3 Å². The molecule has 1 saturated heterocycles. The Labute approximate surface area is 135 Å². The molecule has 0 spiro atoms. The van der Waals surface area contributed by atoms with Crippen molar-refractivity contribution in [1.82, 2.24) is 0 Å². The molecule has 0 amide bonds. The first-order chi connectivity index (χ1) is 11.1. The largest absolute Gasteiger partial charge is 0.478 e. The number of hydrogen-bond donors (Lipinski definition) is 2. The van der Waals surface area contributed by atoms with Gasteiger partial charge < -0.3 is 15.2 Å². The van der Waals surface area contributed by atoms with Crippen molar-refractivity contribution >= 4 is 11.7 Å². The fraction of sp³-hybridized carbons (Fsp3) is 0.316. The zero-order valence-electron chi connectivity index (χ0n) is 13.0. The molecule has 3 atom stereocenters. The van der Waals surface area contributed by atoms with Gasteiger partial charge in [-0.15, -0.1) is 0 Å². The number of aromatic carboxylic acids is 1. The summed E-state index contributed by atoms with van der Waals surface area (Å²) in [5, 5.41) is 12.7. The molecule has 0 aromatic heterocycles. The predicted molar refractivity (Wildman–Crippen MR) is 87.7 cm³/mol. The topological polar surface area (TPSA) is 58.6 Å². The van der Waals surface area contributed by atoms with E-state index < -0.39 is 5.97 Å². The van der Waals surface area contributed by atoms with Crippen molar-refractivity contribution in [2.45, 2.75) is 25.5 Å². The van der Waals surface area contributed by atoms with Gasteiger partial charge in [-0.3, -0.25) is 0 Å². The van der Waals surface area contributed by atoms with Crippen LogP contribution >= 0.6 is 0 Å². The number of carbonyl (C=O) groups is 1. The second-order valence-electron chi connectivity index (χ2n) is 6.38. The van der Waals surface area contributed by atoms with Crippen LogP contribution in [-0.4, -0.2) is 17.7 Å². The highest BCUT2D eigenvalue weighted by Crippen LogP contribution is 2.49. The first-order valence-corrected chi connectivity index (χ1v) is 7.95. The molecule has 2 heterocycles. The Morgan fingerprint density at radius 2 is 2.00 bits per heavy atom. The number of carboxylic acids is 1. The second kappa shape index (κ2) is 5.39. The lowest BCUT2D eigenvalue weighted by Crippen LogP contribution is -2.29. The van der Waals surface area contributed by atoms with E-state index in [9.17, 15) is 4.79 Å². The van der Waals surface area contributed by atoms with Gasteiger partial charge in [0.05, 0.1) is 17.7 Å². The van der Waals surface area contributed by atoms with Gasteiger partial charge in [-0.05, 0) is 37.1 Å². The fourth-order valence-electron chi connectivity index (χ4n) is 3.76. The molecule has 0 bridgehead atoms. The molecule has 4 rings (SSSR count). The summed E-state index contributed by atoms with van der Waals surface area (Å²) in [6.45, 7) is 2.87. The van der Waals surface area contributed by atoms with Crippen LogP contribution < -0.4 is 5.32 Å². The van der Waals surface area contributed by atoms with Crippen LogP contribution in [0.4, 0.5) is 5.69 Å². The van der Waals surface area contributed by atoms with E-state index in [2.05, 4.69) is 30.4 Å². The lowest BCUT2D eigenvalue weighted by atomic mass is 9.80. The number of rotatable bonds is 2. The first kappa shape index (κ1) is 14.3. The summed E-state index contributed by atoms with van der Waals surface area (Å²) >= 11 is 0. The predicted octanol–water partition coefficient (Wildman–Crippen LogP) is 3.94. The van der Waals surface area contributed by atoms with Crippen molar-refractivity contribution < 1.29 is 14.6 Å². The van der Waals surface area contributed by atoms with Crippen molar-refractivity contribution in [2.75, 3.05) is 11.9 Å². The number of benzene rings is 2. The van der Waals surface area contributed by atoms with Crippen LogP contribution in [0.1, 0.15) is 45.6 Å². The Kier molecular flexibility index (Phi) is 3.34. The summed E-state index contributed by atoms with van der Waals surface area (Å²) in [6.07, 6.45) is 1.13. The maximum absolute atomic E-state index is 11.0. The summed E-state index contributed by atoms with van der Waals surface area (Å²) in [5.41, 5.74) is 5.03. The van der Waals surface area contributed by atoms with Gasteiger partial charge in [0.2, 0.25) is 0 Å². The Morgan fingerprint density at radius 1 is 1.22 bits per heavy atom. The van der Waals surface area contributed by atoms with E-state index >= 15 is 0 Å². The molecule has 1 fully saturated rings. The standard InChI is InChI=1S/C19H19NO3/c1-11-2-7-16-15(10-11)18-14(8-9-23-18)17(20-16)12-3-5-13(6-4-12)19(21)22/h2-7,10,14,17-18,20H,8-9H2,1H3,(H,21,22)/t14-,17-,18-/m1/s1. The molecule has 0 aliphatic carbocycles. The number of fused-ring (bicyclic) bond motifs is 3. The fourth-order valence-corrected chi connectivity index (χ4v) is 3.76. The van der Waals surface area contributed by atoms with Crippen molar-refractivity contribution in [3.63, 3.8) is 0 Å². The Morgan fingerprint density at radius 3 is 2.74 bits per heavy atom. The lowest BCUT2D eigenvalue weighted by Gasteiger charge is -2.36. The minimum absolute atomic E-state index is 0.121. The van der Waals surface area contributed by atoms with Gasteiger partial charge in [0.25, 0.3) is 0 Å². The van der Waals surface area contributed by atoms with Crippen molar-refractivity contribution in [2.24, 2.45) is 5.92 Å². The van der Waals surface area contributed by atoms with Crippen LogP contribution in [0.5, 0.6) is 0 Å². The summed E-state index contributed by atoms with van der Waals surface area (Å²) in [4.78, 5) is 11.0. The molecular formula is C19H19NO3. The zero-order chi connectivity index (χ0) is 16.0. The third-order valence-corrected chi connectivity index (χ3v) is 4.91. The van der Waals surface area contributed by atoms with E-state index in [1.54, 1.807) is 12.1 Å². The first-order valence-electron chi connectivity index (χ1n) is 7.95. The summed E-state index contributed by atoms with van der Waals surface area (Å²) < 4.78 is 6.02. The van der Waals surface area contributed by atoms with E-state index in [4.69, 9.17) is 9.84 Å². The van der Waals surface area contributed by atoms with Gasteiger partial charge in [-0.2, -0.15) is 0 Å². The van der Waals surface area contributed by atoms with Gasteiger partial charge >= 0.3 is 5.97 Å². The molecule has 2 aliphatic heterocycles. The third kappa shape index (κ3) is 2.39. The monoisotopic (exact) mass is 309 g/mol. The molecular weight excluding hydrogens is 290 g/mol. The molecule has 2 aromatic rings. The SMILES string of the molecule is Cc1ccc2c(c1)[C@@H]1OCC[C@@H]1[C@@H](c1ccc(C(=O)O)cc1)N2. The van der Waals surface area contributed by atoms with Gasteiger partial charge in [-0.1, -0.05) is 29.8 Å². The van der Waals surface area contributed by atoms with Gasteiger partial charge in [0.15, 0.2) is 0 Å². The van der Waals surface area contributed by atoms with Gasteiger partial charge in [0.1, 0.15) is 0 Å². The number of nitrogens with one attached hydrogen (secondary N) is 1. The molecule has 0 radical (unpaired) electrons. The highest BCUT2D eigenvalue weighted by molar-refractivity contribution is 5.87. The van der Waals surface area contributed by atoms with Gasteiger partial charge in [0, 0.05) is 23.8 Å². The number of aryl methyl sites for hydroxylation is 1. The van der Waals surface area contributed by atoms with E-state index in [-0.39, 0.29) is 12.1 Å².